The van der Waals surface area contributed by atoms with Crippen LogP contribution in [0.15, 0.2) is 36.5 Å². The highest BCUT2D eigenvalue weighted by Crippen LogP contribution is 2.28. The Labute approximate surface area is 116 Å². The number of pyridine rings is 1. The van der Waals surface area contributed by atoms with Gasteiger partial charge >= 0.3 is 0 Å². The van der Waals surface area contributed by atoms with Crippen LogP contribution in [0.1, 0.15) is 33.3 Å². The summed E-state index contributed by atoms with van der Waals surface area (Å²) in [6, 6.07) is 10.5. The number of benzene rings is 1. The van der Waals surface area contributed by atoms with Crippen molar-refractivity contribution in [2.75, 3.05) is 0 Å². The summed E-state index contributed by atoms with van der Waals surface area (Å²) in [4.78, 5) is 4.42. The Balaban J connectivity index is 0.000000415. The quantitative estimate of drug-likeness (QED) is 0.548. The van der Waals surface area contributed by atoms with Crippen molar-refractivity contribution in [1.82, 2.24) is 9.55 Å². The maximum atomic E-state index is 4.42. The number of nitrogens with zero attached hydrogens (tertiary/aromatic N) is 2. The van der Waals surface area contributed by atoms with Gasteiger partial charge in [0.1, 0.15) is 5.65 Å². The van der Waals surface area contributed by atoms with Gasteiger partial charge in [-0.25, -0.2) is 4.98 Å². The lowest BCUT2D eigenvalue weighted by Gasteiger charge is -1.99. The maximum Gasteiger partial charge on any atom is 0.140 e. The average molecular weight is 256 g/mol. The Morgan fingerprint density at radius 1 is 0.895 bits per heavy atom. The molecule has 0 spiro atoms. The van der Waals surface area contributed by atoms with E-state index in [0.29, 0.717) is 0 Å². The van der Waals surface area contributed by atoms with E-state index >= 15 is 0 Å². The summed E-state index contributed by atoms with van der Waals surface area (Å²) in [6.45, 7) is 10.1. The Bertz CT molecular complexity index is 651. The molecular weight excluding hydrogens is 232 g/mol. The molecule has 0 radical (unpaired) electrons. The van der Waals surface area contributed by atoms with E-state index in [1.165, 1.54) is 21.9 Å². The topological polar surface area (TPSA) is 17.8 Å². The maximum absolute atomic E-state index is 4.42. The molecule has 2 nitrogen and oxygen atoms in total. The minimum absolute atomic E-state index is 1.06. The van der Waals surface area contributed by atoms with Crippen molar-refractivity contribution in [2.45, 2.75) is 34.6 Å². The zero-order chi connectivity index (χ0) is 14.4. The SMILES string of the molecule is CC.CC.Cc1cccc2c3cccnc3n(C)c12. The van der Waals surface area contributed by atoms with Crippen molar-refractivity contribution < 1.29 is 0 Å². The van der Waals surface area contributed by atoms with Gasteiger partial charge in [-0.05, 0) is 24.6 Å². The molecule has 0 amide bonds. The van der Waals surface area contributed by atoms with E-state index in [9.17, 15) is 0 Å². The van der Waals surface area contributed by atoms with Crippen LogP contribution >= 0.6 is 0 Å². The molecule has 0 atom stereocenters. The first-order chi connectivity index (χ1) is 9.29. The summed E-state index contributed by atoms with van der Waals surface area (Å²) >= 11 is 0. The molecule has 1 aromatic carbocycles. The summed E-state index contributed by atoms with van der Waals surface area (Å²) in [5.41, 5.74) is 3.64. The van der Waals surface area contributed by atoms with Crippen LogP contribution in [0.4, 0.5) is 0 Å². The molecule has 0 aliphatic heterocycles. The molecule has 0 bridgehead atoms. The van der Waals surface area contributed by atoms with Crippen LogP contribution in [0, 0.1) is 6.92 Å². The average Bonchev–Trinajstić information content (AvgIpc) is 2.79. The predicted octanol–water partition coefficient (Wildman–Crippen LogP) is 5.09. The number of aryl methyl sites for hydroxylation is 2. The third kappa shape index (κ3) is 2.62. The number of rotatable bonds is 0. The fraction of sp³-hybridized carbons (Fsp3) is 0.353. The van der Waals surface area contributed by atoms with Crippen molar-refractivity contribution in [3.05, 3.63) is 42.1 Å². The van der Waals surface area contributed by atoms with Crippen molar-refractivity contribution >= 4 is 21.9 Å². The van der Waals surface area contributed by atoms with Crippen LogP contribution in [-0.4, -0.2) is 9.55 Å². The molecule has 0 fully saturated rings. The lowest BCUT2D eigenvalue weighted by molar-refractivity contribution is 0.984. The Hall–Kier alpha value is -1.83. The number of hydrogen-bond donors (Lipinski definition) is 0. The Kier molecular flexibility index (Phi) is 5.56. The number of hydrogen-bond acceptors (Lipinski definition) is 1. The lowest BCUT2D eigenvalue weighted by atomic mass is 10.1. The molecule has 3 aromatic rings. The van der Waals surface area contributed by atoms with Crippen molar-refractivity contribution in [1.29, 1.82) is 0 Å². The van der Waals surface area contributed by atoms with Crippen molar-refractivity contribution in [3.63, 3.8) is 0 Å². The number of fused-ring (bicyclic) bond motifs is 3. The normalized spacial score (nSPS) is 9.58. The van der Waals surface area contributed by atoms with Crippen LogP contribution in [0.5, 0.6) is 0 Å². The second kappa shape index (κ2) is 6.93. The Morgan fingerprint density at radius 2 is 1.53 bits per heavy atom. The molecule has 2 aromatic heterocycles. The first kappa shape index (κ1) is 15.2. The van der Waals surface area contributed by atoms with Gasteiger partial charge in [-0.3, -0.25) is 0 Å². The van der Waals surface area contributed by atoms with Gasteiger partial charge in [0.05, 0.1) is 5.52 Å². The summed E-state index contributed by atoms with van der Waals surface area (Å²) in [6.07, 6.45) is 1.84. The van der Waals surface area contributed by atoms with Crippen LogP contribution in [0.3, 0.4) is 0 Å². The van der Waals surface area contributed by atoms with Gasteiger partial charge in [-0.15, -0.1) is 0 Å². The van der Waals surface area contributed by atoms with E-state index in [-0.39, 0.29) is 0 Å². The first-order valence-corrected chi connectivity index (χ1v) is 7.08. The molecule has 19 heavy (non-hydrogen) atoms. The zero-order valence-corrected chi connectivity index (χ0v) is 12.9. The minimum Gasteiger partial charge on any atom is -0.328 e. The number of aromatic nitrogens is 2. The summed E-state index contributed by atoms with van der Waals surface area (Å²) in [7, 11) is 2.07. The van der Waals surface area contributed by atoms with E-state index < -0.39 is 0 Å². The molecule has 102 valence electrons. The van der Waals surface area contributed by atoms with Gasteiger partial charge in [0.15, 0.2) is 0 Å². The smallest absolute Gasteiger partial charge is 0.140 e. The third-order valence-corrected chi connectivity index (χ3v) is 2.97. The molecule has 2 heterocycles. The van der Waals surface area contributed by atoms with Gasteiger partial charge < -0.3 is 4.57 Å². The summed E-state index contributed by atoms with van der Waals surface area (Å²) in [5, 5.41) is 2.53. The van der Waals surface area contributed by atoms with E-state index in [1.807, 2.05) is 40.0 Å². The van der Waals surface area contributed by atoms with Crippen LogP contribution in [-0.2, 0) is 7.05 Å². The zero-order valence-electron chi connectivity index (χ0n) is 12.9. The molecule has 0 aliphatic rings. The van der Waals surface area contributed by atoms with Gasteiger partial charge in [0, 0.05) is 24.0 Å². The highest BCUT2D eigenvalue weighted by Gasteiger charge is 2.09. The van der Waals surface area contributed by atoms with Crippen LogP contribution in [0.25, 0.3) is 21.9 Å². The first-order valence-electron chi connectivity index (χ1n) is 7.08. The fourth-order valence-electron chi connectivity index (χ4n) is 2.30. The number of para-hydroxylation sites is 1. The van der Waals surface area contributed by atoms with Crippen molar-refractivity contribution in [3.8, 4) is 0 Å². The van der Waals surface area contributed by atoms with Crippen LogP contribution < -0.4 is 0 Å². The summed E-state index contributed by atoms with van der Waals surface area (Å²) in [5.74, 6) is 0. The van der Waals surface area contributed by atoms with E-state index in [2.05, 4.69) is 47.8 Å². The molecular formula is C17H24N2. The Morgan fingerprint density at radius 3 is 2.21 bits per heavy atom. The van der Waals surface area contributed by atoms with E-state index in [1.54, 1.807) is 0 Å². The second-order valence-electron chi connectivity index (χ2n) is 3.90. The third-order valence-electron chi connectivity index (χ3n) is 2.97. The molecule has 0 N–H and O–H groups in total. The molecule has 2 heteroatoms. The van der Waals surface area contributed by atoms with Crippen molar-refractivity contribution in [2.24, 2.45) is 7.05 Å². The van der Waals surface area contributed by atoms with Gasteiger partial charge in [0.25, 0.3) is 0 Å². The molecule has 3 rings (SSSR count). The highest BCUT2D eigenvalue weighted by molar-refractivity contribution is 6.07. The van der Waals surface area contributed by atoms with Gasteiger partial charge in [-0.1, -0.05) is 45.9 Å². The molecule has 0 saturated heterocycles. The minimum atomic E-state index is 1.06. The predicted molar refractivity (Wildman–Crippen MR) is 85.7 cm³/mol. The summed E-state index contributed by atoms with van der Waals surface area (Å²) < 4.78 is 2.17. The van der Waals surface area contributed by atoms with E-state index in [4.69, 9.17) is 0 Å². The lowest BCUT2D eigenvalue weighted by Crippen LogP contribution is -1.90. The molecule has 0 saturated carbocycles. The molecule has 0 unspecified atom stereocenters. The highest BCUT2D eigenvalue weighted by atomic mass is 15.0. The molecule has 0 aliphatic carbocycles. The van der Waals surface area contributed by atoms with Crippen LogP contribution in [0.2, 0.25) is 0 Å². The largest absolute Gasteiger partial charge is 0.328 e. The standard InChI is InChI=1S/C13H12N2.2C2H6/c1-9-5-3-6-10-11-7-4-8-14-13(11)15(2)12(9)10;2*1-2/h3-8H,1-2H3;2*1-2H3. The van der Waals surface area contributed by atoms with E-state index in [0.717, 1.165) is 5.65 Å². The monoisotopic (exact) mass is 256 g/mol. The second-order valence-corrected chi connectivity index (χ2v) is 3.90. The fourth-order valence-corrected chi connectivity index (χ4v) is 2.30. The van der Waals surface area contributed by atoms with Gasteiger partial charge in [-0.2, -0.15) is 0 Å². The van der Waals surface area contributed by atoms with Gasteiger partial charge in [0.2, 0.25) is 0 Å².